The highest BCUT2D eigenvalue weighted by Crippen LogP contribution is 2.25. The first-order chi connectivity index (χ1) is 7.66. The van der Waals surface area contributed by atoms with Gasteiger partial charge in [0.05, 0.1) is 17.1 Å². The standard InChI is InChI=1S/C12H10ClFN2/c13-8-5-6-11(9(14)7-8)16-12-4-2-1-3-10(12)15/h1-7,16H,15H2. The average Bonchev–Trinajstić information content (AvgIpc) is 2.25. The van der Waals surface area contributed by atoms with Crippen molar-refractivity contribution in [2.75, 3.05) is 11.1 Å². The molecule has 0 radical (unpaired) electrons. The fraction of sp³-hybridized carbons (Fsp3) is 0. The molecule has 3 N–H and O–H groups in total. The molecule has 0 unspecified atom stereocenters. The number of nitrogen functional groups attached to an aromatic ring is 1. The highest BCUT2D eigenvalue weighted by atomic mass is 35.5. The van der Waals surface area contributed by atoms with E-state index < -0.39 is 5.82 Å². The lowest BCUT2D eigenvalue weighted by atomic mass is 10.2. The van der Waals surface area contributed by atoms with Crippen molar-refractivity contribution < 1.29 is 4.39 Å². The second kappa shape index (κ2) is 4.41. The molecule has 0 fully saturated rings. The predicted molar refractivity (Wildman–Crippen MR) is 65.5 cm³/mol. The minimum atomic E-state index is -0.407. The Morgan fingerprint density at radius 3 is 2.50 bits per heavy atom. The van der Waals surface area contributed by atoms with E-state index in [-0.39, 0.29) is 0 Å². The third kappa shape index (κ3) is 2.25. The van der Waals surface area contributed by atoms with Gasteiger partial charge in [0.25, 0.3) is 0 Å². The first kappa shape index (κ1) is 10.8. The van der Waals surface area contributed by atoms with Crippen molar-refractivity contribution >= 4 is 28.7 Å². The molecule has 16 heavy (non-hydrogen) atoms. The summed E-state index contributed by atoms with van der Waals surface area (Å²) >= 11 is 5.66. The minimum absolute atomic E-state index is 0.349. The van der Waals surface area contributed by atoms with Crippen molar-refractivity contribution in [2.45, 2.75) is 0 Å². The molecule has 2 nitrogen and oxygen atoms in total. The molecule has 2 aromatic rings. The summed E-state index contributed by atoms with van der Waals surface area (Å²) in [5, 5.41) is 3.27. The molecule has 0 amide bonds. The van der Waals surface area contributed by atoms with Crippen LogP contribution in [0.1, 0.15) is 0 Å². The van der Waals surface area contributed by atoms with E-state index in [1.165, 1.54) is 6.07 Å². The lowest BCUT2D eigenvalue weighted by Crippen LogP contribution is -1.97. The summed E-state index contributed by atoms with van der Waals surface area (Å²) in [5.74, 6) is -0.407. The van der Waals surface area contributed by atoms with E-state index in [0.717, 1.165) is 0 Å². The van der Waals surface area contributed by atoms with Gasteiger partial charge >= 0.3 is 0 Å². The molecule has 0 saturated heterocycles. The van der Waals surface area contributed by atoms with Crippen LogP contribution in [0.2, 0.25) is 5.02 Å². The van der Waals surface area contributed by atoms with Crippen molar-refractivity contribution in [3.63, 3.8) is 0 Å². The number of para-hydroxylation sites is 2. The Bertz CT molecular complexity index is 514. The first-order valence-corrected chi connectivity index (χ1v) is 5.11. The van der Waals surface area contributed by atoms with Crippen molar-refractivity contribution in [1.82, 2.24) is 0 Å². The minimum Gasteiger partial charge on any atom is -0.397 e. The van der Waals surface area contributed by atoms with Crippen LogP contribution < -0.4 is 11.1 Å². The molecule has 0 aliphatic heterocycles. The van der Waals surface area contributed by atoms with Crippen LogP contribution in [-0.4, -0.2) is 0 Å². The molecular weight excluding hydrogens is 227 g/mol. The Kier molecular flexibility index (Phi) is 2.97. The van der Waals surface area contributed by atoms with E-state index in [2.05, 4.69) is 5.32 Å². The Hall–Kier alpha value is -1.74. The third-order valence-corrected chi connectivity index (χ3v) is 2.40. The Morgan fingerprint density at radius 1 is 1.06 bits per heavy atom. The maximum Gasteiger partial charge on any atom is 0.148 e. The topological polar surface area (TPSA) is 38.0 Å². The van der Waals surface area contributed by atoms with Gasteiger partial charge in [-0.3, -0.25) is 0 Å². The molecule has 2 aromatic carbocycles. The lowest BCUT2D eigenvalue weighted by molar-refractivity contribution is 0.632. The maximum absolute atomic E-state index is 13.5. The summed E-state index contributed by atoms with van der Waals surface area (Å²) in [4.78, 5) is 0. The molecule has 0 atom stereocenters. The highest BCUT2D eigenvalue weighted by molar-refractivity contribution is 6.30. The molecular formula is C12H10ClFN2. The van der Waals surface area contributed by atoms with Crippen molar-refractivity contribution in [1.29, 1.82) is 0 Å². The Balaban J connectivity index is 2.31. The van der Waals surface area contributed by atoms with Gasteiger partial charge in [-0.15, -0.1) is 0 Å². The van der Waals surface area contributed by atoms with E-state index >= 15 is 0 Å². The van der Waals surface area contributed by atoms with Gasteiger partial charge in [-0.25, -0.2) is 4.39 Å². The van der Waals surface area contributed by atoms with Crippen LogP contribution in [0, 0.1) is 5.82 Å². The van der Waals surface area contributed by atoms with Crippen LogP contribution in [0.3, 0.4) is 0 Å². The number of benzene rings is 2. The average molecular weight is 237 g/mol. The second-order valence-corrected chi connectivity index (χ2v) is 3.77. The summed E-state index contributed by atoms with van der Waals surface area (Å²) in [6.45, 7) is 0. The van der Waals surface area contributed by atoms with Crippen LogP contribution in [-0.2, 0) is 0 Å². The van der Waals surface area contributed by atoms with Crippen molar-refractivity contribution in [3.8, 4) is 0 Å². The fourth-order valence-corrected chi connectivity index (χ4v) is 1.51. The van der Waals surface area contributed by atoms with Gasteiger partial charge in [-0.05, 0) is 30.3 Å². The van der Waals surface area contributed by atoms with Gasteiger partial charge in [0.1, 0.15) is 5.82 Å². The van der Waals surface area contributed by atoms with Crippen molar-refractivity contribution in [3.05, 3.63) is 53.3 Å². The molecule has 0 saturated carbocycles. The molecule has 4 heteroatoms. The van der Waals surface area contributed by atoms with Crippen LogP contribution in [0.25, 0.3) is 0 Å². The maximum atomic E-state index is 13.5. The van der Waals surface area contributed by atoms with Crippen molar-refractivity contribution in [2.24, 2.45) is 0 Å². The highest BCUT2D eigenvalue weighted by Gasteiger charge is 2.04. The van der Waals surface area contributed by atoms with Gasteiger partial charge < -0.3 is 11.1 Å². The van der Waals surface area contributed by atoms with Crippen LogP contribution in [0.4, 0.5) is 21.5 Å². The summed E-state index contributed by atoms with van der Waals surface area (Å²) < 4.78 is 13.5. The zero-order valence-corrected chi connectivity index (χ0v) is 9.13. The number of halogens is 2. The SMILES string of the molecule is Nc1ccccc1Nc1ccc(Cl)cc1F. The van der Waals surface area contributed by atoms with E-state index in [9.17, 15) is 4.39 Å². The fourth-order valence-electron chi connectivity index (χ4n) is 1.35. The van der Waals surface area contributed by atoms with E-state index in [0.29, 0.717) is 22.1 Å². The lowest BCUT2D eigenvalue weighted by Gasteiger charge is -2.09. The Morgan fingerprint density at radius 2 is 1.81 bits per heavy atom. The van der Waals surface area contributed by atoms with Gasteiger partial charge in [0.2, 0.25) is 0 Å². The normalized spacial score (nSPS) is 10.1. The van der Waals surface area contributed by atoms with E-state index in [1.807, 2.05) is 12.1 Å². The summed E-state index contributed by atoms with van der Waals surface area (Å²) in [7, 11) is 0. The van der Waals surface area contributed by atoms with Gasteiger partial charge in [-0.1, -0.05) is 23.7 Å². The summed E-state index contributed by atoms with van der Waals surface area (Å²) in [5.41, 5.74) is 7.32. The molecule has 2 rings (SSSR count). The Labute approximate surface area is 97.8 Å². The van der Waals surface area contributed by atoms with Crippen LogP contribution in [0.5, 0.6) is 0 Å². The smallest absolute Gasteiger partial charge is 0.148 e. The monoisotopic (exact) mass is 236 g/mol. The van der Waals surface area contributed by atoms with Crippen LogP contribution >= 0.6 is 11.6 Å². The zero-order chi connectivity index (χ0) is 11.5. The number of rotatable bonds is 2. The van der Waals surface area contributed by atoms with E-state index in [1.54, 1.807) is 24.3 Å². The molecule has 0 aromatic heterocycles. The molecule has 0 spiro atoms. The van der Waals surface area contributed by atoms with E-state index in [4.69, 9.17) is 17.3 Å². The largest absolute Gasteiger partial charge is 0.397 e. The molecule has 0 aliphatic rings. The molecule has 82 valence electrons. The number of nitrogens with two attached hydrogens (primary N) is 1. The van der Waals surface area contributed by atoms with Crippen LogP contribution in [0.15, 0.2) is 42.5 Å². The number of anilines is 3. The quantitative estimate of drug-likeness (QED) is 0.779. The summed E-state index contributed by atoms with van der Waals surface area (Å²) in [6, 6.07) is 11.6. The summed E-state index contributed by atoms with van der Waals surface area (Å²) in [6.07, 6.45) is 0. The second-order valence-electron chi connectivity index (χ2n) is 3.34. The van der Waals surface area contributed by atoms with Gasteiger partial charge in [-0.2, -0.15) is 0 Å². The molecule has 0 aliphatic carbocycles. The molecule has 0 bridgehead atoms. The van der Waals surface area contributed by atoms with Gasteiger partial charge in [0, 0.05) is 5.02 Å². The van der Waals surface area contributed by atoms with Gasteiger partial charge in [0.15, 0.2) is 0 Å². The number of hydrogen-bond donors (Lipinski definition) is 2. The predicted octanol–water partition coefficient (Wildman–Crippen LogP) is 3.80. The first-order valence-electron chi connectivity index (χ1n) is 4.73. The zero-order valence-electron chi connectivity index (χ0n) is 8.37. The molecule has 0 heterocycles. The third-order valence-electron chi connectivity index (χ3n) is 2.16. The number of nitrogens with one attached hydrogen (secondary N) is 1. The number of hydrogen-bond acceptors (Lipinski definition) is 2.